The molecule has 2 rings (SSSR count). The van der Waals surface area contributed by atoms with Crippen LogP contribution in [0.5, 0.6) is 0 Å². The second-order valence-corrected chi connectivity index (χ2v) is 4.80. The maximum absolute atomic E-state index is 12.7. The SMILES string of the molecule is CC(C)c1cncnc1N1CCO[C@@H](C(F)(F)F)C1. The van der Waals surface area contributed by atoms with Crippen molar-refractivity contribution in [2.24, 2.45) is 0 Å². The number of alkyl halides is 3. The van der Waals surface area contributed by atoms with Crippen LogP contribution in [0.25, 0.3) is 0 Å². The molecular weight excluding hydrogens is 259 g/mol. The highest BCUT2D eigenvalue weighted by molar-refractivity contribution is 5.47. The third-order valence-corrected chi connectivity index (χ3v) is 3.07. The first-order chi connectivity index (χ1) is 8.89. The van der Waals surface area contributed by atoms with E-state index in [1.165, 1.54) is 6.33 Å². The Morgan fingerprint density at radius 1 is 1.42 bits per heavy atom. The van der Waals surface area contributed by atoms with E-state index >= 15 is 0 Å². The van der Waals surface area contributed by atoms with E-state index in [1.807, 2.05) is 13.8 Å². The summed E-state index contributed by atoms with van der Waals surface area (Å²) in [6.45, 7) is 4.16. The highest BCUT2D eigenvalue weighted by Gasteiger charge is 2.43. The molecule has 1 aliphatic rings. The van der Waals surface area contributed by atoms with Crippen LogP contribution in [0.3, 0.4) is 0 Å². The fraction of sp³-hybridized carbons (Fsp3) is 0.667. The number of hydrogen-bond acceptors (Lipinski definition) is 4. The first kappa shape index (κ1) is 14.0. The lowest BCUT2D eigenvalue weighted by Crippen LogP contribution is -2.49. The van der Waals surface area contributed by atoms with Crippen LogP contribution < -0.4 is 4.90 Å². The maximum Gasteiger partial charge on any atom is 0.416 e. The van der Waals surface area contributed by atoms with Crippen LogP contribution in [-0.4, -0.2) is 41.9 Å². The van der Waals surface area contributed by atoms with Gasteiger partial charge in [-0.25, -0.2) is 9.97 Å². The zero-order valence-electron chi connectivity index (χ0n) is 10.8. The molecule has 7 heteroatoms. The third-order valence-electron chi connectivity index (χ3n) is 3.07. The molecule has 0 N–H and O–H groups in total. The van der Waals surface area contributed by atoms with Crippen LogP contribution in [-0.2, 0) is 4.74 Å². The molecule has 106 valence electrons. The van der Waals surface area contributed by atoms with Gasteiger partial charge in [0.25, 0.3) is 0 Å². The predicted molar refractivity (Wildman–Crippen MR) is 64.1 cm³/mol. The van der Waals surface area contributed by atoms with Crippen molar-refractivity contribution in [1.82, 2.24) is 9.97 Å². The van der Waals surface area contributed by atoms with E-state index in [2.05, 4.69) is 9.97 Å². The molecule has 0 spiro atoms. The average molecular weight is 275 g/mol. The molecule has 0 amide bonds. The minimum atomic E-state index is -4.34. The van der Waals surface area contributed by atoms with Crippen molar-refractivity contribution in [3.63, 3.8) is 0 Å². The first-order valence-electron chi connectivity index (χ1n) is 6.12. The van der Waals surface area contributed by atoms with Gasteiger partial charge in [-0.3, -0.25) is 0 Å². The normalized spacial score (nSPS) is 20.9. The zero-order valence-corrected chi connectivity index (χ0v) is 10.8. The number of hydrogen-bond donors (Lipinski definition) is 0. The Morgan fingerprint density at radius 2 is 2.16 bits per heavy atom. The molecule has 0 saturated carbocycles. The minimum Gasteiger partial charge on any atom is -0.365 e. The lowest BCUT2D eigenvalue weighted by Gasteiger charge is -2.35. The Kier molecular flexibility index (Phi) is 3.93. The topological polar surface area (TPSA) is 38.2 Å². The average Bonchev–Trinajstić information content (AvgIpc) is 2.38. The highest BCUT2D eigenvalue weighted by Crippen LogP contribution is 2.30. The standard InChI is InChI=1S/C12H16F3N3O/c1-8(2)9-5-16-7-17-11(9)18-3-4-19-10(6-18)12(13,14)15/h5,7-8,10H,3-4,6H2,1-2H3/t10-/m1/s1. The van der Waals surface area contributed by atoms with Crippen molar-refractivity contribution in [1.29, 1.82) is 0 Å². The van der Waals surface area contributed by atoms with E-state index in [0.717, 1.165) is 5.56 Å². The van der Waals surface area contributed by atoms with E-state index in [-0.39, 0.29) is 19.1 Å². The summed E-state index contributed by atoms with van der Waals surface area (Å²) >= 11 is 0. The molecule has 19 heavy (non-hydrogen) atoms. The van der Waals surface area contributed by atoms with Crippen molar-refractivity contribution in [2.75, 3.05) is 24.6 Å². The molecule has 0 bridgehead atoms. The maximum atomic E-state index is 12.7. The number of anilines is 1. The van der Waals surface area contributed by atoms with Gasteiger partial charge in [0.15, 0.2) is 6.10 Å². The summed E-state index contributed by atoms with van der Waals surface area (Å²) in [7, 11) is 0. The molecule has 0 radical (unpaired) electrons. The number of halogens is 3. The summed E-state index contributed by atoms with van der Waals surface area (Å²) in [6.07, 6.45) is -3.08. The Labute approximate surface area is 109 Å². The van der Waals surface area contributed by atoms with Crippen molar-refractivity contribution in [2.45, 2.75) is 32.0 Å². The summed E-state index contributed by atoms with van der Waals surface area (Å²) in [5.74, 6) is 0.728. The van der Waals surface area contributed by atoms with Gasteiger partial charge in [0.05, 0.1) is 13.2 Å². The van der Waals surface area contributed by atoms with Crippen LogP contribution in [0, 0.1) is 0 Å². The van der Waals surface area contributed by atoms with E-state index in [4.69, 9.17) is 4.74 Å². The fourth-order valence-electron chi connectivity index (χ4n) is 2.05. The second-order valence-electron chi connectivity index (χ2n) is 4.80. The van der Waals surface area contributed by atoms with Crippen LogP contribution in [0.15, 0.2) is 12.5 Å². The Bertz CT molecular complexity index is 436. The van der Waals surface area contributed by atoms with Crippen molar-refractivity contribution in [3.05, 3.63) is 18.1 Å². The number of aromatic nitrogens is 2. The molecule has 2 heterocycles. The van der Waals surface area contributed by atoms with Crippen molar-refractivity contribution >= 4 is 5.82 Å². The van der Waals surface area contributed by atoms with Crippen LogP contribution in [0.1, 0.15) is 25.3 Å². The number of ether oxygens (including phenoxy) is 1. The molecule has 1 aromatic heterocycles. The van der Waals surface area contributed by atoms with Gasteiger partial charge in [-0.15, -0.1) is 0 Å². The number of rotatable bonds is 2. The van der Waals surface area contributed by atoms with Crippen LogP contribution in [0.4, 0.5) is 19.0 Å². The van der Waals surface area contributed by atoms with Crippen molar-refractivity contribution < 1.29 is 17.9 Å². The summed E-state index contributed by atoms with van der Waals surface area (Å²) in [5, 5.41) is 0. The van der Waals surface area contributed by atoms with E-state index in [0.29, 0.717) is 12.4 Å². The molecule has 1 fully saturated rings. The van der Waals surface area contributed by atoms with Gasteiger partial charge in [-0.2, -0.15) is 13.2 Å². The van der Waals surface area contributed by atoms with E-state index in [1.54, 1.807) is 11.1 Å². The molecule has 4 nitrogen and oxygen atoms in total. The zero-order chi connectivity index (χ0) is 14.0. The second kappa shape index (κ2) is 5.32. The quantitative estimate of drug-likeness (QED) is 0.830. The van der Waals surface area contributed by atoms with Gasteiger partial charge >= 0.3 is 6.18 Å². The molecular formula is C12H16F3N3O. The molecule has 0 aliphatic carbocycles. The predicted octanol–water partition coefficient (Wildman–Crippen LogP) is 2.37. The summed E-state index contributed by atoms with van der Waals surface area (Å²) in [5.41, 5.74) is 0.852. The Balaban J connectivity index is 2.22. The van der Waals surface area contributed by atoms with Gasteiger partial charge in [-0.05, 0) is 5.92 Å². The molecule has 0 aromatic carbocycles. The third kappa shape index (κ3) is 3.15. The highest BCUT2D eigenvalue weighted by atomic mass is 19.4. The Hall–Kier alpha value is -1.37. The smallest absolute Gasteiger partial charge is 0.365 e. The molecule has 0 unspecified atom stereocenters. The van der Waals surface area contributed by atoms with Crippen LogP contribution >= 0.6 is 0 Å². The Morgan fingerprint density at radius 3 is 2.79 bits per heavy atom. The lowest BCUT2D eigenvalue weighted by molar-refractivity contribution is -0.221. The van der Waals surface area contributed by atoms with Crippen molar-refractivity contribution in [3.8, 4) is 0 Å². The molecule has 1 aliphatic heterocycles. The summed E-state index contributed by atoms with van der Waals surface area (Å²) in [4.78, 5) is 9.69. The summed E-state index contributed by atoms with van der Waals surface area (Å²) in [6, 6.07) is 0. The first-order valence-corrected chi connectivity index (χ1v) is 6.12. The van der Waals surface area contributed by atoms with E-state index < -0.39 is 12.3 Å². The largest absolute Gasteiger partial charge is 0.416 e. The summed E-state index contributed by atoms with van der Waals surface area (Å²) < 4.78 is 42.9. The molecule has 1 aromatic rings. The lowest BCUT2D eigenvalue weighted by atomic mass is 10.1. The van der Waals surface area contributed by atoms with Gasteiger partial charge in [0.2, 0.25) is 0 Å². The minimum absolute atomic E-state index is 0.0473. The monoisotopic (exact) mass is 275 g/mol. The molecule has 1 atom stereocenters. The fourth-order valence-corrected chi connectivity index (χ4v) is 2.05. The van der Waals surface area contributed by atoms with Gasteiger partial charge in [0.1, 0.15) is 12.1 Å². The van der Waals surface area contributed by atoms with Gasteiger partial charge in [0, 0.05) is 18.3 Å². The van der Waals surface area contributed by atoms with E-state index in [9.17, 15) is 13.2 Å². The number of morpholine rings is 1. The van der Waals surface area contributed by atoms with Gasteiger partial charge in [-0.1, -0.05) is 13.8 Å². The van der Waals surface area contributed by atoms with Gasteiger partial charge < -0.3 is 9.64 Å². The van der Waals surface area contributed by atoms with Crippen LogP contribution in [0.2, 0.25) is 0 Å². The number of nitrogens with zero attached hydrogens (tertiary/aromatic N) is 3. The molecule has 1 saturated heterocycles.